The van der Waals surface area contributed by atoms with Crippen molar-refractivity contribution in [2.45, 2.75) is 45.7 Å². The molecule has 3 unspecified atom stereocenters. The molecule has 17 heavy (non-hydrogen) atoms. The van der Waals surface area contributed by atoms with E-state index in [0.717, 1.165) is 6.54 Å². The van der Waals surface area contributed by atoms with Gasteiger partial charge < -0.3 is 5.73 Å². The summed E-state index contributed by atoms with van der Waals surface area (Å²) in [6.45, 7) is 7.58. The Morgan fingerprint density at radius 1 is 1.41 bits per heavy atom. The first-order chi connectivity index (χ1) is 8.11. The van der Waals surface area contributed by atoms with Gasteiger partial charge in [-0.05, 0) is 37.8 Å². The molecule has 1 aromatic rings. The molecule has 0 saturated heterocycles. The van der Waals surface area contributed by atoms with Crippen LogP contribution in [0.2, 0.25) is 0 Å². The largest absolute Gasteiger partial charge is 0.329 e. The number of likely N-dealkylation sites (N-methyl/N-ethyl adjacent to an activating group) is 1. The van der Waals surface area contributed by atoms with Gasteiger partial charge >= 0.3 is 0 Å². The zero-order chi connectivity index (χ0) is 12.8. The van der Waals surface area contributed by atoms with Crippen LogP contribution in [0.5, 0.6) is 0 Å². The minimum absolute atomic E-state index is 0.461. The van der Waals surface area contributed by atoms with Crippen LogP contribution >= 0.6 is 11.3 Å². The van der Waals surface area contributed by atoms with Crippen molar-refractivity contribution in [1.29, 1.82) is 0 Å². The fourth-order valence-corrected chi connectivity index (χ4v) is 3.30. The summed E-state index contributed by atoms with van der Waals surface area (Å²) in [4.78, 5) is 3.86. The summed E-state index contributed by atoms with van der Waals surface area (Å²) < 4.78 is 0. The summed E-state index contributed by atoms with van der Waals surface area (Å²) >= 11 is 1.83. The second kappa shape index (κ2) is 7.14. The predicted octanol–water partition coefficient (Wildman–Crippen LogP) is 3.50. The van der Waals surface area contributed by atoms with Gasteiger partial charge in [-0.15, -0.1) is 11.3 Å². The molecule has 3 heteroatoms. The van der Waals surface area contributed by atoms with Crippen LogP contribution in [0.25, 0.3) is 0 Å². The molecule has 3 atom stereocenters. The van der Waals surface area contributed by atoms with Gasteiger partial charge in [0.25, 0.3) is 0 Å². The number of nitrogens with two attached hydrogens (primary N) is 1. The lowest BCUT2D eigenvalue weighted by atomic mass is 9.94. The summed E-state index contributed by atoms with van der Waals surface area (Å²) in [6.07, 6.45) is 2.49. The third kappa shape index (κ3) is 3.80. The quantitative estimate of drug-likeness (QED) is 0.807. The van der Waals surface area contributed by atoms with E-state index in [1.807, 2.05) is 11.3 Å². The van der Waals surface area contributed by atoms with Gasteiger partial charge in [-0.1, -0.05) is 26.3 Å². The van der Waals surface area contributed by atoms with E-state index in [0.29, 0.717) is 18.0 Å². The fraction of sp³-hybridized carbons (Fsp3) is 0.714. The van der Waals surface area contributed by atoms with Crippen molar-refractivity contribution >= 4 is 11.3 Å². The van der Waals surface area contributed by atoms with Gasteiger partial charge in [0.15, 0.2) is 0 Å². The molecule has 1 heterocycles. The third-order valence-corrected chi connectivity index (χ3v) is 4.77. The van der Waals surface area contributed by atoms with Gasteiger partial charge in [0.2, 0.25) is 0 Å². The molecular weight excluding hydrogens is 228 g/mol. The van der Waals surface area contributed by atoms with Crippen LogP contribution in [-0.2, 0) is 0 Å². The van der Waals surface area contributed by atoms with Crippen molar-refractivity contribution in [3.05, 3.63) is 22.4 Å². The fourth-order valence-electron chi connectivity index (χ4n) is 2.46. The predicted molar refractivity (Wildman–Crippen MR) is 77.4 cm³/mol. The first kappa shape index (κ1) is 14.7. The van der Waals surface area contributed by atoms with Crippen molar-refractivity contribution in [2.75, 3.05) is 13.6 Å². The van der Waals surface area contributed by atoms with Crippen LogP contribution in [0.1, 0.15) is 44.5 Å². The van der Waals surface area contributed by atoms with Crippen LogP contribution < -0.4 is 5.73 Å². The normalized spacial score (nSPS) is 17.1. The topological polar surface area (TPSA) is 29.3 Å². The standard InChI is InChI=1S/C14H26N2S/c1-5-7-11(2)13(10-15)16(4)12(3)14-8-6-9-17-14/h6,8-9,11-13H,5,7,10,15H2,1-4H3. The molecule has 0 radical (unpaired) electrons. The second-order valence-electron chi connectivity index (χ2n) is 4.93. The van der Waals surface area contributed by atoms with Gasteiger partial charge in [0, 0.05) is 23.5 Å². The van der Waals surface area contributed by atoms with Crippen LogP contribution in [0.3, 0.4) is 0 Å². The molecule has 0 fully saturated rings. The van der Waals surface area contributed by atoms with E-state index in [4.69, 9.17) is 5.73 Å². The second-order valence-corrected chi connectivity index (χ2v) is 5.91. The minimum Gasteiger partial charge on any atom is -0.329 e. The molecule has 0 amide bonds. The molecule has 0 bridgehead atoms. The average molecular weight is 254 g/mol. The average Bonchev–Trinajstić information content (AvgIpc) is 2.82. The van der Waals surface area contributed by atoms with E-state index in [2.05, 4.69) is 50.2 Å². The van der Waals surface area contributed by atoms with Gasteiger partial charge in [-0.3, -0.25) is 4.90 Å². The summed E-state index contributed by atoms with van der Waals surface area (Å²) in [6, 6.07) is 5.27. The Labute approximate surface area is 110 Å². The van der Waals surface area contributed by atoms with E-state index in [1.165, 1.54) is 17.7 Å². The Hall–Kier alpha value is -0.380. The van der Waals surface area contributed by atoms with Crippen molar-refractivity contribution in [1.82, 2.24) is 4.90 Å². The van der Waals surface area contributed by atoms with Gasteiger partial charge in [-0.25, -0.2) is 0 Å². The van der Waals surface area contributed by atoms with Crippen molar-refractivity contribution in [3.63, 3.8) is 0 Å². The van der Waals surface area contributed by atoms with Crippen molar-refractivity contribution < 1.29 is 0 Å². The first-order valence-electron chi connectivity index (χ1n) is 6.57. The number of hydrogen-bond acceptors (Lipinski definition) is 3. The van der Waals surface area contributed by atoms with E-state index in [1.54, 1.807) is 0 Å². The van der Waals surface area contributed by atoms with Gasteiger partial charge in [-0.2, -0.15) is 0 Å². The Morgan fingerprint density at radius 2 is 2.12 bits per heavy atom. The van der Waals surface area contributed by atoms with Crippen LogP contribution in [0.4, 0.5) is 0 Å². The van der Waals surface area contributed by atoms with E-state index in [9.17, 15) is 0 Å². The summed E-state index contributed by atoms with van der Waals surface area (Å²) in [5.41, 5.74) is 5.96. The maximum absolute atomic E-state index is 5.96. The van der Waals surface area contributed by atoms with Crippen molar-refractivity contribution in [2.24, 2.45) is 11.7 Å². The third-order valence-electron chi connectivity index (χ3n) is 3.73. The summed E-state index contributed by atoms with van der Waals surface area (Å²) in [7, 11) is 2.20. The lowest BCUT2D eigenvalue weighted by molar-refractivity contribution is 0.140. The molecule has 2 nitrogen and oxygen atoms in total. The minimum atomic E-state index is 0.461. The molecule has 2 N–H and O–H groups in total. The Balaban J connectivity index is 2.68. The highest BCUT2D eigenvalue weighted by atomic mass is 32.1. The molecule has 0 aromatic carbocycles. The van der Waals surface area contributed by atoms with Gasteiger partial charge in [0.05, 0.1) is 0 Å². The number of nitrogens with zero attached hydrogens (tertiary/aromatic N) is 1. The van der Waals surface area contributed by atoms with Crippen molar-refractivity contribution in [3.8, 4) is 0 Å². The maximum atomic E-state index is 5.96. The Morgan fingerprint density at radius 3 is 2.59 bits per heavy atom. The molecule has 1 rings (SSSR count). The molecule has 98 valence electrons. The van der Waals surface area contributed by atoms with E-state index < -0.39 is 0 Å². The maximum Gasteiger partial charge on any atom is 0.0413 e. The highest BCUT2D eigenvalue weighted by Gasteiger charge is 2.24. The molecule has 0 spiro atoms. The highest BCUT2D eigenvalue weighted by molar-refractivity contribution is 7.10. The van der Waals surface area contributed by atoms with Crippen LogP contribution in [0.15, 0.2) is 17.5 Å². The Bertz CT molecular complexity index is 297. The first-order valence-corrected chi connectivity index (χ1v) is 7.45. The van der Waals surface area contributed by atoms with E-state index in [-0.39, 0.29) is 0 Å². The molecule has 0 aliphatic heterocycles. The number of thiophene rings is 1. The van der Waals surface area contributed by atoms with Crippen LogP contribution in [0, 0.1) is 5.92 Å². The molecule has 0 aliphatic rings. The van der Waals surface area contributed by atoms with Gasteiger partial charge in [0.1, 0.15) is 0 Å². The number of rotatable bonds is 7. The molecule has 0 aliphatic carbocycles. The lowest BCUT2D eigenvalue weighted by Gasteiger charge is -2.36. The SMILES string of the molecule is CCCC(C)C(CN)N(C)C(C)c1cccs1. The summed E-state index contributed by atoms with van der Waals surface area (Å²) in [5, 5.41) is 2.15. The van der Waals surface area contributed by atoms with Crippen LogP contribution in [-0.4, -0.2) is 24.5 Å². The zero-order valence-electron chi connectivity index (χ0n) is 11.5. The highest BCUT2D eigenvalue weighted by Crippen LogP contribution is 2.27. The lowest BCUT2D eigenvalue weighted by Crippen LogP contribution is -2.43. The monoisotopic (exact) mass is 254 g/mol. The molecule has 1 aromatic heterocycles. The smallest absolute Gasteiger partial charge is 0.0413 e. The number of hydrogen-bond donors (Lipinski definition) is 1. The molecule has 0 saturated carbocycles. The van der Waals surface area contributed by atoms with E-state index >= 15 is 0 Å². The summed E-state index contributed by atoms with van der Waals surface area (Å²) in [5.74, 6) is 0.664. The Kier molecular flexibility index (Phi) is 6.17. The zero-order valence-corrected chi connectivity index (χ0v) is 12.3. The molecular formula is C14H26N2S.